The van der Waals surface area contributed by atoms with Crippen molar-refractivity contribution in [2.24, 2.45) is 0 Å². The van der Waals surface area contributed by atoms with E-state index in [9.17, 15) is 9.59 Å². The number of aliphatic carboxylic acids is 1. The summed E-state index contributed by atoms with van der Waals surface area (Å²) in [6, 6.07) is 0. The van der Waals surface area contributed by atoms with E-state index < -0.39 is 12.1 Å². The molecule has 5 heteroatoms. The molecule has 1 aliphatic rings. The largest absolute Gasteiger partial charge is 0.509 e. The lowest BCUT2D eigenvalue weighted by atomic mass is 10.1. The molecule has 0 aliphatic carbocycles. The van der Waals surface area contributed by atoms with Gasteiger partial charge in [-0.2, -0.15) is 0 Å². The summed E-state index contributed by atoms with van der Waals surface area (Å²) >= 11 is 0. The van der Waals surface area contributed by atoms with Crippen LogP contribution in [0.25, 0.3) is 0 Å². The summed E-state index contributed by atoms with van der Waals surface area (Å²) in [5.41, 5.74) is 0. The zero-order chi connectivity index (χ0) is 13.3. The van der Waals surface area contributed by atoms with Gasteiger partial charge in [-0.05, 0) is 26.2 Å². The number of hydrogen-bond donors (Lipinski definition) is 1. The predicted octanol–water partition coefficient (Wildman–Crippen LogP) is 2.97. The molecule has 2 unspecified atom stereocenters. The highest BCUT2D eigenvalue weighted by molar-refractivity contribution is 5.66. The second kappa shape index (κ2) is 8.84. The topological polar surface area (TPSA) is 72.8 Å². The van der Waals surface area contributed by atoms with Crippen LogP contribution in [-0.4, -0.2) is 29.4 Å². The molecule has 1 aliphatic heterocycles. The average Bonchev–Trinajstić information content (AvgIpc) is 2.59. The lowest BCUT2D eigenvalue weighted by Gasteiger charge is -2.10. The van der Waals surface area contributed by atoms with Gasteiger partial charge in [0.1, 0.15) is 12.2 Å². The van der Waals surface area contributed by atoms with Crippen molar-refractivity contribution in [2.75, 3.05) is 0 Å². The molecule has 0 aromatic rings. The molecule has 5 nitrogen and oxygen atoms in total. The minimum Gasteiger partial charge on any atom is -0.481 e. The van der Waals surface area contributed by atoms with Crippen molar-refractivity contribution in [3.63, 3.8) is 0 Å². The molecule has 1 heterocycles. The third kappa shape index (κ3) is 6.81. The summed E-state index contributed by atoms with van der Waals surface area (Å²) in [5, 5.41) is 8.41. The van der Waals surface area contributed by atoms with Crippen LogP contribution in [0.2, 0.25) is 0 Å². The van der Waals surface area contributed by atoms with Crippen molar-refractivity contribution in [2.45, 2.75) is 65.1 Å². The van der Waals surface area contributed by atoms with Crippen LogP contribution in [0, 0.1) is 0 Å². The molecule has 1 fully saturated rings. The van der Waals surface area contributed by atoms with Crippen LogP contribution in [0.4, 0.5) is 4.79 Å². The van der Waals surface area contributed by atoms with Crippen LogP contribution < -0.4 is 0 Å². The van der Waals surface area contributed by atoms with Crippen molar-refractivity contribution in [1.82, 2.24) is 0 Å². The first-order valence-electron chi connectivity index (χ1n) is 6.18. The molecular formula is C12H22O5. The maximum atomic E-state index is 10.7. The van der Waals surface area contributed by atoms with E-state index in [1.807, 2.05) is 13.8 Å². The molecule has 0 bridgehead atoms. The molecule has 0 amide bonds. The van der Waals surface area contributed by atoms with Gasteiger partial charge in [0, 0.05) is 6.42 Å². The summed E-state index contributed by atoms with van der Waals surface area (Å²) < 4.78 is 9.74. The van der Waals surface area contributed by atoms with Gasteiger partial charge in [-0.25, -0.2) is 4.79 Å². The maximum Gasteiger partial charge on any atom is 0.509 e. The zero-order valence-corrected chi connectivity index (χ0v) is 10.8. The van der Waals surface area contributed by atoms with Crippen LogP contribution in [0.5, 0.6) is 0 Å². The van der Waals surface area contributed by atoms with Gasteiger partial charge in [-0.1, -0.05) is 20.3 Å². The van der Waals surface area contributed by atoms with Crippen molar-refractivity contribution < 1.29 is 24.2 Å². The lowest BCUT2D eigenvalue weighted by molar-refractivity contribution is -0.137. The first-order chi connectivity index (χ1) is 8.09. The number of carbonyl (C=O) groups is 2. The SMILES string of the molecule is CC.CC1OC(=O)OC1CCCCCC(=O)O. The minimum absolute atomic E-state index is 0.165. The van der Waals surface area contributed by atoms with Crippen molar-refractivity contribution >= 4 is 12.1 Å². The molecule has 0 aromatic heterocycles. The number of cyclic esters (lactones) is 2. The predicted molar refractivity (Wildman–Crippen MR) is 62.9 cm³/mol. The monoisotopic (exact) mass is 246 g/mol. The van der Waals surface area contributed by atoms with Crippen molar-refractivity contribution in [1.29, 1.82) is 0 Å². The van der Waals surface area contributed by atoms with E-state index in [0.717, 1.165) is 19.3 Å². The van der Waals surface area contributed by atoms with E-state index in [1.54, 1.807) is 6.92 Å². The number of carboxylic acids is 1. The van der Waals surface area contributed by atoms with Gasteiger partial charge in [-0.3, -0.25) is 4.79 Å². The molecule has 100 valence electrons. The van der Waals surface area contributed by atoms with Crippen LogP contribution in [0.3, 0.4) is 0 Å². The fraction of sp³-hybridized carbons (Fsp3) is 0.833. The number of rotatable bonds is 6. The van der Waals surface area contributed by atoms with E-state index >= 15 is 0 Å². The Balaban J connectivity index is 0.00000121. The van der Waals surface area contributed by atoms with E-state index in [-0.39, 0.29) is 18.6 Å². The molecule has 1 saturated heterocycles. The Morgan fingerprint density at radius 2 is 1.88 bits per heavy atom. The standard InChI is InChI=1S/C10H16O5.C2H6/c1-7-8(15-10(13)14-7)5-3-2-4-6-9(11)12;1-2/h7-8H,2-6H2,1H3,(H,11,12);1-2H3. The van der Waals surface area contributed by atoms with Gasteiger partial charge < -0.3 is 14.6 Å². The van der Waals surface area contributed by atoms with Gasteiger partial charge in [0.25, 0.3) is 0 Å². The second-order valence-corrected chi connectivity index (χ2v) is 3.72. The molecule has 0 aromatic carbocycles. The van der Waals surface area contributed by atoms with E-state index in [4.69, 9.17) is 14.6 Å². The summed E-state index contributed by atoms with van der Waals surface area (Å²) in [7, 11) is 0. The number of carboxylic acid groups (broad SMARTS) is 1. The van der Waals surface area contributed by atoms with Crippen molar-refractivity contribution in [3.8, 4) is 0 Å². The van der Waals surface area contributed by atoms with Gasteiger partial charge >= 0.3 is 12.1 Å². The van der Waals surface area contributed by atoms with Gasteiger partial charge in [0.2, 0.25) is 0 Å². The number of ether oxygens (including phenoxy) is 2. The second-order valence-electron chi connectivity index (χ2n) is 3.72. The summed E-state index contributed by atoms with van der Waals surface area (Å²) in [4.78, 5) is 20.9. The van der Waals surface area contributed by atoms with E-state index in [0.29, 0.717) is 6.42 Å². The highest BCUT2D eigenvalue weighted by atomic mass is 16.8. The van der Waals surface area contributed by atoms with E-state index in [2.05, 4.69) is 0 Å². The molecular weight excluding hydrogens is 224 g/mol. The fourth-order valence-corrected chi connectivity index (χ4v) is 1.57. The fourth-order valence-electron chi connectivity index (χ4n) is 1.57. The Hall–Kier alpha value is -1.26. The highest BCUT2D eigenvalue weighted by Gasteiger charge is 2.32. The smallest absolute Gasteiger partial charge is 0.481 e. The minimum atomic E-state index is -0.765. The quantitative estimate of drug-likeness (QED) is 0.576. The lowest BCUT2D eigenvalue weighted by Crippen LogP contribution is -2.18. The first-order valence-corrected chi connectivity index (χ1v) is 6.18. The molecule has 17 heavy (non-hydrogen) atoms. The number of unbranched alkanes of at least 4 members (excludes halogenated alkanes) is 2. The molecule has 1 N–H and O–H groups in total. The van der Waals surface area contributed by atoms with Crippen LogP contribution in [0.1, 0.15) is 52.9 Å². The number of hydrogen-bond acceptors (Lipinski definition) is 4. The third-order valence-corrected chi connectivity index (χ3v) is 2.43. The number of carbonyl (C=O) groups excluding carboxylic acids is 1. The Kier molecular flexibility index (Phi) is 8.19. The van der Waals surface area contributed by atoms with Crippen LogP contribution >= 0.6 is 0 Å². The zero-order valence-electron chi connectivity index (χ0n) is 10.8. The van der Waals surface area contributed by atoms with Crippen LogP contribution in [0.15, 0.2) is 0 Å². The van der Waals surface area contributed by atoms with E-state index in [1.165, 1.54) is 0 Å². The van der Waals surface area contributed by atoms with Crippen LogP contribution in [-0.2, 0) is 14.3 Å². The Morgan fingerprint density at radius 3 is 2.35 bits per heavy atom. The molecule has 1 rings (SSSR count). The summed E-state index contributed by atoms with van der Waals surface area (Å²) in [6.45, 7) is 5.80. The summed E-state index contributed by atoms with van der Waals surface area (Å²) in [6.07, 6.45) is 2.37. The average molecular weight is 246 g/mol. The Labute approximate surface area is 102 Å². The molecule has 0 spiro atoms. The maximum absolute atomic E-state index is 10.7. The van der Waals surface area contributed by atoms with Crippen molar-refractivity contribution in [3.05, 3.63) is 0 Å². The summed E-state index contributed by atoms with van der Waals surface area (Å²) in [5.74, 6) is -0.765. The Morgan fingerprint density at radius 1 is 1.24 bits per heavy atom. The Bertz CT molecular complexity index is 239. The normalized spacial score (nSPS) is 22.2. The molecule has 2 atom stereocenters. The molecule has 0 radical (unpaired) electrons. The van der Waals surface area contributed by atoms with Gasteiger partial charge in [0.15, 0.2) is 0 Å². The van der Waals surface area contributed by atoms with Gasteiger partial charge in [-0.15, -0.1) is 0 Å². The van der Waals surface area contributed by atoms with Gasteiger partial charge in [0.05, 0.1) is 0 Å². The first kappa shape index (κ1) is 15.7. The molecule has 0 saturated carbocycles. The highest BCUT2D eigenvalue weighted by Crippen LogP contribution is 2.20. The third-order valence-electron chi connectivity index (χ3n) is 2.43.